The number of nitrogens with zero attached hydrogens (tertiary/aromatic N) is 1. The number of hydrogen-bond acceptors (Lipinski definition) is 4. The predicted octanol–water partition coefficient (Wildman–Crippen LogP) is 1.000. The van der Waals surface area contributed by atoms with Crippen LogP contribution in [0, 0.1) is 5.92 Å². The van der Waals surface area contributed by atoms with Crippen molar-refractivity contribution in [3.05, 3.63) is 29.6 Å². The minimum Gasteiger partial charge on any atom is -0.469 e. The second-order valence-electron chi connectivity index (χ2n) is 3.56. The van der Waals surface area contributed by atoms with Crippen LogP contribution >= 0.6 is 0 Å². The van der Waals surface area contributed by atoms with Gasteiger partial charge < -0.3 is 4.74 Å². The van der Waals surface area contributed by atoms with Crippen LogP contribution in [-0.2, 0) is 16.0 Å². The lowest BCUT2D eigenvalue weighted by atomic mass is 10.0. The number of ether oxygens (including phenoxy) is 1. The lowest BCUT2D eigenvalue weighted by Crippen LogP contribution is -2.15. The summed E-state index contributed by atoms with van der Waals surface area (Å²) < 4.78 is 4.55. The Labute approximate surface area is 87.3 Å². The van der Waals surface area contributed by atoms with Gasteiger partial charge in [0.15, 0.2) is 5.78 Å². The average molecular weight is 205 g/mol. The van der Waals surface area contributed by atoms with Crippen molar-refractivity contribution in [1.29, 1.82) is 0 Å². The Bertz CT molecular complexity index is 414. The van der Waals surface area contributed by atoms with Crippen molar-refractivity contribution in [3.8, 4) is 0 Å². The number of ketones is 1. The molecule has 1 unspecified atom stereocenters. The van der Waals surface area contributed by atoms with Gasteiger partial charge in [-0.3, -0.25) is 14.6 Å². The Morgan fingerprint density at radius 2 is 2.47 bits per heavy atom. The maximum atomic E-state index is 11.8. The minimum absolute atomic E-state index is 0.0454. The number of esters is 1. The van der Waals surface area contributed by atoms with E-state index in [4.69, 9.17) is 0 Å². The zero-order chi connectivity index (χ0) is 10.8. The first-order valence-electron chi connectivity index (χ1n) is 4.77. The number of hydrogen-bond donors (Lipinski definition) is 0. The number of Topliss-reactive ketones (excluding diaryl/α,β-unsaturated/α-hetero) is 1. The fourth-order valence-electron chi connectivity index (χ4n) is 1.83. The van der Waals surface area contributed by atoms with Gasteiger partial charge in [-0.25, -0.2) is 0 Å². The van der Waals surface area contributed by atoms with E-state index in [1.54, 1.807) is 12.3 Å². The summed E-state index contributed by atoms with van der Waals surface area (Å²) in [6, 6.07) is 3.67. The summed E-state index contributed by atoms with van der Waals surface area (Å²) in [5.74, 6) is -0.681. The average Bonchev–Trinajstić information content (AvgIpc) is 2.57. The number of fused-ring (bicyclic) bond motifs is 1. The van der Waals surface area contributed by atoms with Gasteiger partial charge in [-0.2, -0.15) is 0 Å². The number of methoxy groups -OCH3 is 1. The molecule has 0 aliphatic heterocycles. The molecule has 4 nitrogen and oxygen atoms in total. The Morgan fingerprint density at radius 1 is 1.67 bits per heavy atom. The molecule has 1 aromatic heterocycles. The SMILES string of the molecule is COC(=O)CC1Cc2cccnc2C1=O. The standard InChI is InChI=1S/C11H11NO3/c1-15-9(13)6-8-5-7-3-2-4-12-10(7)11(8)14/h2-4,8H,5-6H2,1H3. The molecule has 2 rings (SSSR count). The third-order valence-corrected chi connectivity index (χ3v) is 2.60. The molecule has 0 radical (unpaired) electrons. The van der Waals surface area contributed by atoms with E-state index in [0.29, 0.717) is 12.1 Å². The minimum atomic E-state index is -0.346. The lowest BCUT2D eigenvalue weighted by Gasteiger charge is -2.04. The van der Waals surface area contributed by atoms with Gasteiger partial charge in [-0.15, -0.1) is 0 Å². The van der Waals surface area contributed by atoms with Crippen LogP contribution in [0.4, 0.5) is 0 Å². The van der Waals surface area contributed by atoms with Crippen molar-refractivity contribution < 1.29 is 14.3 Å². The van der Waals surface area contributed by atoms with Crippen molar-refractivity contribution in [1.82, 2.24) is 4.98 Å². The Kier molecular flexibility index (Phi) is 2.49. The fraction of sp³-hybridized carbons (Fsp3) is 0.364. The summed E-state index contributed by atoms with van der Waals surface area (Å²) in [6.07, 6.45) is 2.33. The third kappa shape index (κ3) is 1.75. The molecule has 0 saturated heterocycles. The van der Waals surface area contributed by atoms with Gasteiger partial charge in [0, 0.05) is 12.1 Å². The van der Waals surface area contributed by atoms with Crippen molar-refractivity contribution >= 4 is 11.8 Å². The van der Waals surface area contributed by atoms with Crippen molar-refractivity contribution in [2.24, 2.45) is 5.92 Å². The smallest absolute Gasteiger partial charge is 0.306 e. The molecular formula is C11H11NO3. The van der Waals surface area contributed by atoms with Gasteiger partial charge in [0.1, 0.15) is 5.69 Å². The molecule has 0 N–H and O–H groups in total. The largest absolute Gasteiger partial charge is 0.469 e. The molecule has 1 aliphatic carbocycles. The van der Waals surface area contributed by atoms with Crippen LogP contribution < -0.4 is 0 Å². The topological polar surface area (TPSA) is 56.3 Å². The van der Waals surface area contributed by atoms with Gasteiger partial charge >= 0.3 is 5.97 Å². The first-order chi connectivity index (χ1) is 7.22. The van der Waals surface area contributed by atoms with Gasteiger partial charge in [-0.05, 0) is 18.1 Å². The van der Waals surface area contributed by atoms with E-state index in [-0.39, 0.29) is 24.1 Å². The van der Waals surface area contributed by atoms with Crippen molar-refractivity contribution in [3.63, 3.8) is 0 Å². The molecule has 1 aliphatic rings. The van der Waals surface area contributed by atoms with E-state index in [9.17, 15) is 9.59 Å². The Hall–Kier alpha value is -1.71. The monoisotopic (exact) mass is 205 g/mol. The highest BCUT2D eigenvalue weighted by Crippen LogP contribution is 2.27. The summed E-state index contributed by atoms with van der Waals surface area (Å²) >= 11 is 0. The number of carbonyl (C=O) groups is 2. The van der Waals surface area contributed by atoms with Crippen LogP contribution in [0.3, 0.4) is 0 Å². The zero-order valence-corrected chi connectivity index (χ0v) is 8.40. The first kappa shape index (κ1) is 9.83. The molecule has 1 aromatic rings. The molecule has 0 spiro atoms. The molecule has 4 heteroatoms. The Balaban J connectivity index is 2.17. The first-order valence-corrected chi connectivity index (χ1v) is 4.77. The second-order valence-corrected chi connectivity index (χ2v) is 3.56. The molecule has 0 fully saturated rings. The summed E-state index contributed by atoms with van der Waals surface area (Å²) in [5, 5.41) is 0. The molecule has 78 valence electrons. The van der Waals surface area contributed by atoms with E-state index in [0.717, 1.165) is 5.56 Å². The van der Waals surface area contributed by atoms with Crippen molar-refractivity contribution in [2.45, 2.75) is 12.8 Å². The van der Waals surface area contributed by atoms with E-state index in [1.807, 2.05) is 6.07 Å². The molecule has 0 bridgehead atoms. The molecule has 1 atom stereocenters. The second kappa shape index (κ2) is 3.81. The summed E-state index contributed by atoms with van der Waals surface area (Å²) in [5.41, 5.74) is 1.43. The van der Waals surface area contributed by atoms with E-state index < -0.39 is 0 Å². The van der Waals surface area contributed by atoms with Gasteiger partial charge in [0.2, 0.25) is 0 Å². The summed E-state index contributed by atoms with van der Waals surface area (Å²) in [6.45, 7) is 0. The third-order valence-electron chi connectivity index (χ3n) is 2.60. The van der Waals surface area contributed by atoms with Crippen LogP contribution in [0.2, 0.25) is 0 Å². The van der Waals surface area contributed by atoms with Crippen LogP contribution in [0.15, 0.2) is 18.3 Å². The fourth-order valence-corrected chi connectivity index (χ4v) is 1.83. The molecular weight excluding hydrogens is 194 g/mol. The van der Waals surface area contributed by atoms with Crippen LogP contribution in [0.1, 0.15) is 22.5 Å². The van der Waals surface area contributed by atoms with Gasteiger partial charge in [0.05, 0.1) is 13.5 Å². The van der Waals surface area contributed by atoms with E-state index in [1.165, 1.54) is 7.11 Å². The zero-order valence-electron chi connectivity index (χ0n) is 8.40. The predicted molar refractivity (Wildman–Crippen MR) is 52.4 cm³/mol. The van der Waals surface area contributed by atoms with E-state index in [2.05, 4.69) is 9.72 Å². The van der Waals surface area contributed by atoms with Gasteiger partial charge in [0.25, 0.3) is 0 Å². The molecule has 0 saturated carbocycles. The van der Waals surface area contributed by atoms with Gasteiger partial charge in [-0.1, -0.05) is 6.07 Å². The highest BCUT2D eigenvalue weighted by atomic mass is 16.5. The normalized spacial score (nSPS) is 18.7. The molecule has 0 aromatic carbocycles. The van der Waals surface area contributed by atoms with E-state index >= 15 is 0 Å². The lowest BCUT2D eigenvalue weighted by molar-refractivity contribution is -0.141. The molecule has 1 heterocycles. The van der Waals surface area contributed by atoms with Crippen molar-refractivity contribution in [2.75, 3.05) is 7.11 Å². The maximum Gasteiger partial charge on any atom is 0.306 e. The highest BCUT2D eigenvalue weighted by Gasteiger charge is 2.33. The molecule has 15 heavy (non-hydrogen) atoms. The Morgan fingerprint density at radius 3 is 3.13 bits per heavy atom. The van der Waals surface area contributed by atoms with Crippen LogP contribution in [0.25, 0.3) is 0 Å². The maximum absolute atomic E-state index is 11.8. The number of rotatable bonds is 2. The van der Waals surface area contributed by atoms with Crippen LogP contribution in [-0.4, -0.2) is 23.8 Å². The number of pyridine rings is 1. The quantitative estimate of drug-likeness (QED) is 0.676. The summed E-state index contributed by atoms with van der Waals surface area (Å²) in [7, 11) is 1.33. The van der Waals surface area contributed by atoms with Crippen LogP contribution in [0.5, 0.6) is 0 Å². The summed E-state index contributed by atoms with van der Waals surface area (Å²) in [4.78, 5) is 26.9. The number of aromatic nitrogens is 1. The molecule has 0 amide bonds. The highest BCUT2D eigenvalue weighted by molar-refractivity contribution is 6.01. The number of carbonyl (C=O) groups excluding carboxylic acids is 2.